The van der Waals surface area contributed by atoms with Gasteiger partial charge < -0.3 is 15.2 Å². The van der Waals surface area contributed by atoms with E-state index in [2.05, 4.69) is 20.8 Å². The van der Waals surface area contributed by atoms with Crippen LogP contribution in [0, 0.1) is 6.92 Å². The molecule has 1 unspecified atom stereocenters. The van der Waals surface area contributed by atoms with Crippen molar-refractivity contribution in [3.05, 3.63) is 30.0 Å². The number of aryl methyl sites for hydroxylation is 1. The average Bonchev–Trinajstić information content (AvgIpc) is 3.24. The maximum atomic E-state index is 12.2. The first-order valence-corrected chi connectivity index (χ1v) is 11.1. The third-order valence-corrected chi connectivity index (χ3v) is 6.69. The molecule has 2 aromatic heterocycles. The van der Waals surface area contributed by atoms with Crippen LogP contribution in [0.4, 0.5) is 11.5 Å². The summed E-state index contributed by atoms with van der Waals surface area (Å²) < 4.78 is 6.93. The summed E-state index contributed by atoms with van der Waals surface area (Å²) in [7, 11) is 0. The van der Waals surface area contributed by atoms with Crippen LogP contribution in [-0.2, 0) is 9.59 Å². The zero-order valence-electron chi connectivity index (χ0n) is 14.9. The van der Waals surface area contributed by atoms with Crippen molar-refractivity contribution in [3.63, 3.8) is 0 Å². The molecule has 0 aliphatic heterocycles. The number of thioether (sulfide) groups is 2. The summed E-state index contributed by atoms with van der Waals surface area (Å²) >= 11 is 4.44. The van der Waals surface area contributed by atoms with Crippen molar-refractivity contribution in [2.45, 2.75) is 23.4 Å². The smallest absolute Gasteiger partial charge is 0.238 e. The van der Waals surface area contributed by atoms with Crippen molar-refractivity contribution < 1.29 is 14.1 Å². The van der Waals surface area contributed by atoms with Gasteiger partial charge >= 0.3 is 0 Å². The highest BCUT2D eigenvalue weighted by Gasteiger charge is 2.17. The Morgan fingerprint density at radius 1 is 1.30 bits per heavy atom. The lowest BCUT2D eigenvalue weighted by Crippen LogP contribution is -2.25. The fraction of sp³-hybridized carbons (Fsp3) is 0.294. The first kappa shape index (κ1) is 19.7. The summed E-state index contributed by atoms with van der Waals surface area (Å²) in [5.74, 6) is 0.774. The van der Waals surface area contributed by atoms with Crippen LogP contribution < -0.4 is 10.6 Å². The van der Waals surface area contributed by atoms with Gasteiger partial charge in [0.1, 0.15) is 5.76 Å². The molecule has 3 aromatic rings. The minimum atomic E-state index is -0.402. The van der Waals surface area contributed by atoms with E-state index in [1.807, 2.05) is 24.5 Å². The number of thiazole rings is 1. The van der Waals surface area contributed by atoms with Crippen molar-refractivity contribution in [2.75, 3.05) is 22.6 Å². The van der Waals surface area contributed by atoms with E-state index in [9.17, 15) is 9.59 Å². The number of carbonyl (C=O) groups excluding carboxylic acids is 2. The van der Waals surface area contributed by atoms with Crippen LogP contribution >= 0.6 is 34.9 Å². The van der Waals surface area contributed by atoms with Crippen molar-refractivity contribution in [1.29, 1.82) is 0 Å². The molecule has 0 spiro atoms. The molecule has 7 nitrogen and oxygen atoms in total. The molecule has 1 atom stereocenters. The van der Waals surface area contributed by atoms with Gasteiger partial charge in [-0.15, -0.1) is 23.1 Å². The minimum absolute atomic E-state index is 0.161. The standard InChI is InChI=1S/C17H18N4O3S3/c1-9-6-14(21-24-9)20-16(23)10(2)26-8-15(22)18-11-4-5-12-13(7-11)27-17(19-12)25-3/h4-7,10H,8H2,1-3H3,(H,18,22)(H,20,21,23). The summed E-state index contributed by atoms with van der Waals surface area (Å²) in [6.45, 7) is 3.49. The van der Waals surface area contributed by atoms with Crippen molar-refractivity contribution in [1.82, 2.24) is 10.1 Å². The third kappa shape index (κ3) is 5.24. The van der Waals surface area contributed by atoms with Gasteiger partial charge in [-0.1, -0.05) is 16.9 Å². The van der Waals surface area contributed by atoms with E-state index in [-0.39, 0.29) is 17.6 Å². The van der Waals surface area contributed by atoms with Gasteiger partial charge in [-0.05, 0) is 38.3 Å². The lowest BCUT2D eigenvalue weighted by atomic mass is 10.3. The quantitative estimate of drug-likeness (QED) is 0.555. The lowest BCUT2D eigenvalue weighted by molar-refractivity contribution is -0.115. The van der Waals surface area contributed by atoms with Gasteiger partial charge in [0.25, 0.3) is 0 Å². The van der Waals surface area contributed by atoms with E-state index < -0.39 is 5.25 Å². The molecule has 3 rings (SSSR count). The molecule has 142 valence electrons. The maximum absolute atomic E-state index is 12.2. The number of fused-ring (bicyclic) bond motifs is 1. The van der Waals surface area contributed by atoms with Crippen LogP contribution in [0.2, 0.25) is 0 Å². The Balaban J connectivity index is 1.50. The fourth-order valence-electron chi connectivity index (χ4n) is 2.20. The van der Waals surface area contributed by atoms with Crippen LogP contribution in [-0.4, -0.2) is 39.2 Å². The molecule has 2 N–H and O–H groups in total. The number of benzene rings is 1. The zero-order chi connectivity index (χ0) is 19.4. The van der Waals surface area contributed by atoms with Crippen LogP contribution in [0.5, 0.6) is 0 Å². The van der Waals surface area contributed by atoms with Crippen LogP contribution in [0.3, 0.4) is 0 Å². The van der Waals surface area contributed by atoms with Gasteiger partial charge in [-0.25, -0.2) is 4.98 Å². The molecule has 27 heavy (non-hydrogen) atoms. The van der Waals surface area contributed by atoms with E-state index in [1.165, 1.54) is 11.8 Å². The predicted octanol–water partition coefficient (Wildman–Crippen LogP) is 4.01. The van der Waals surface area contributed by atoms with Crippen LogP contribution in [0.1, 0.15) is 12.7 Å². The Bertz CT molecular complexity index is 969. The molecule has 0 aliphatic carbocycles. The minimum Gasteiger partial charge on any atom is -0.360 e. The molecule has 0 fully saturated rings. The van der Waals surface area contributed by atoms with E-state index in [4.69, 9.17) is 4.52 Å². The fourth-order valence-corrected chi connectivity index (χ4v) is 4.41. The molecule has 0 saturated heterocycles. The number of nitrogens with one attached hydrogen (secondary N) is 2. The molecule has 1 aromatic carbocycles. The molecular weight excluding hydrogens is 404 g/mol. The largest absolute Gasteiger partial charge is 0.360 e. The molecule has 0 saturated carbocycles. The highest BCUT2D eigenvalue weighted by atomic mass is 32.2. The second kappa shape index (κ2) is 8.77. The normalized spacial score (nSPS) is 12.1. The summed E-state index contributed by atoms with van der Waals surface area (Å²) in [5, 5.41) is 8.84. The van der Waals surface area contributed by atoms with Crippen LogP contribution in [0.15, 0.2) is 33.1 Å². The molecule has 2 amide bonds. The van der Waals surface area contributed by atoms with E-state index in [1.54, 1.807) is 43.0 Å². The van der Waals surface area contributed by atoms with E-state index in [0.717, 1.165) is 20.2 Å². The topological polar surface area (TPSA) is 97.1 Å². The highest BCUT2D eigenvalue weighted by molar-refractivity contribution is 8.01. The average molecular weight is 423 g/mol. The molecule has 0 radical (unpaired) electrons. The summed E-state index contributed by atoms with van der Waals surface area (Å²) in [6.07, 6.45) is 1.98. The second-order valence-corrected chi connectivity index (χ2v) is 9.09. The Labute approximate surface area is 168 Å². The Hall–Kier alpha value is -2.04. The number of amides is 2. The van der Waals surface area contributed by atoms with Gasteiger partial charge in [0.2, 0.25) is 11.8 Å². The van der Waals surface area contributed by atoms with Gasteiger partial charge in [0.15, 0.2) is 10.2 Å². The first-order valence-electron chi connectivity index (χ1n) is 8.05. The van der Waals surface area contributed by atoms with Gasteiger partial charge in [0.05, 0.1) is 21.2 Å². The monoisotopic (exact) mass is 422 g/mol. The Kier molecular flexibility index (Phi) is 6.40. The Morgan fingerprint density at radius 3 is 2.81 bits per heavy atom. The number of nitrogens with zero attached hydrogens (tertiary/aromatic N) is 2. The third-order valence-electron chi connectivity index (χ3n) is 3.54. The van der Waals surface area contributed by atoms with E-state index >= 15 is 0 Å². The molecule has 0 bridgehead atoms. The van der Waals surface area contributed by atoms with Crippen molar-refractivity contribution in [2.24, 2.45) is 0 Å². The number of rotatable bonds is 7. The van der Waals surface area contributed by atoms with Crippen molar-refractivity contribution in [3.8, 4) is 0 Å². The first-order chi connectivity index (χ1) is 12.9. The molecular formula is C17H18N4O3S3. The Morgan fingerprint density at radius 2 is 2.11 bits per heavy atom. The molecule has 0 aliphatic rings. The molecule has 10 heteroatoms. The number of carbonyl (C=O) groups is 2. The summed E-state index contributed by atoms with van der Waals surface area (Å²) in [5.41, 5.74) is 1.64. The number of hydrogen-bond donors (Lipinski definition) is 2. The zero-order valence-corrected chi connectivity index (χ0v) is 17.4. The SMILES string of the molecule is CSc1nc2ccc(NC(=O)CSC(C)C(=O)Nc3cc(C)on3)cc2s1. The van der Waals surface area contributed by atoms with Crippen molar-refractivity contribution >= 4 is 68.4 Å². The van der Waals surface area contributed by atoms with Gasteiger partial charge in [-0.2, -0.15) is 0 Å². The lowest BCUT2D eigenvalue weighted by Gasteiger charge is -2.10. The maximum Gasteiger partial charge on any atom is 0.238 e. The highest BCUT2D eigenvalue weighted by Crippen LogP contribution is 2.30. The van der Waals surface area contributed by atoms with Gasteiger partial charge in [-0.3, -0.25) is 9.59 Å². The predicted molar refractivity (Wildman–Crippen MR) is 112 cm³/mol. The summed E-state index contributed by atoms with van der Waals surface area (Å²) in [6, 6.07) is 7.28. The number of anilines is 2. The number of aromatic nitrogens is 2. The van der Waals surface area contributed by atoms with Gasteiger partial charge in [0, 0.05) is 11.8 Å². The molecule has 2 heterocycles. The number of hydrogen-bond acceptors (Lipinski definition) is 8. The van der Waals surface area contributed by atoms with E-state index in [0.29, 0.717) is 11.6 Å². The van der Waals surface area contributed by atoms with Crippen LogP contribution in [0.25, 0.3) is 10.2 Å². The second-order valence-electron chi connectivity index (χ2n) is 5.68. The summed E-state index contributed by atoms with van der Waals surface area (Å²) in [4.78, 5) is 28.8.